The smallest absolute Gasteiger partial charge is 0.338 e. The molecule has 2 saturated heterocycles. The molecule has 3 aromatic rings. The van der Waals surface area contributed by atoms with Crippen LogP contribution in [0.15, 0.2) is 91.0 Å². The Morgan fingerprint density at radius 1 is 0.674 bits per heavy atom. The Labute approximate surface area is 246 Å². The molecule has 0 amide bonds. The van der Waals surface area contributed by atoms with Gasteiger partial charge in [0.15, 0.2) is 24.8 Å². The number of benzene rings is 3. The van der Waals surface area contributed by atoms with E-state index in [1.165, 1.54) is 24.3 Å². The Morgan fingerprint density at radius 3 is 1.70 bits per heavy atom. The third-order valence-electron chi connectivity index (χ3n) is 6.90. The lowest BCUT2D eigenvalue weighted by atomic mass is 10.0. The van der Waals surface area contributed by atoms with E-state index in [1.54, 1.807) is 66.7 Å². The summed E-state index contributed by atoms with van der Waals surface area (Å²) in [7, 11) is 0. The standard InChI is InChI=1S/C31H30O12/c32-21-16-38-30(37)23(33)24(21)43-31-26(42-29(36)20-14-8-3-9-15-20)25(41-28(35)19-12-6-2-7-13-19)22(40-31)17-39-27(34)18-10-4-1-5-11-18/h1-15,21-26,30-33,37H,16-17H2/t21-,22+,23-,24+,25+,26-,30-,31+/m1/s1. The molecule has 0 unspecified atom stereocenters. The summed E-state index contributed by atoms with van der Waals surface area (Å²) in [6, 6.07) is 24.2. The van der Waals surface area contributed by atoms with Crippen LogP contribution in [0.25, 0.3) is 0 Å². The van der Waals surface area contributed by atoms with E-state index < -0.39 is 73.7 Å². The minimum absolute atomic E-state index is 0.176. The zero-order valence-corrected chi connectivity index (χ0v) is 22.7. The highest BCUT2D eigenvalue weighted by Crippen LogP contribution is 2.32. The molecule has 8 atom stereocenters. The number of aliphatic hydroxyl groups excluding tert-OH is 3. The van der Waals surface area contributed by atoms with Crippen molar-refractivity contribution < 1.29 is 58.1 Å². The highest BCUT2D eigenvalue weighted by Gasteiger charge is 2.53. The molecule has 2 aliphatic rings. The summed E-state index contributed by atoms with van der Waals surface area (Å²) in [6.45, 7) is -0.810. The van der Waals surface area contributed by atoms with Gasteiger partial charge in [0.05, 0.1) is 23.3 Å². The normalized spacial score (nSPS) is 28.5. The molecule has 3 N–H and O–H groups in total. The first-order chi connectivity index (χ1) is 20.8. The predicted octanol–water partition coefficient (Wildman–Crippen LogP) is 1.48. The molecule has 0 saturated carbocycles. The van der Waals surface area contributed by atoms with Gasteiger partial charge in [0, 0.05) is 0 Å². The quantitative estimate of drug-likeness (QED) is 0.242. The van der Waals surface area contributed by atoms with Gasteiger partial charge in [0.2, 0.25) is 0 Å². The maximum Gasteiger partial charge on any atom is 0.338 e. The van der Waals surface area contributed by atoms with Gasteiger partial charge < -0.3 is 43.7 Å². The van der Waals surface area contributed by atoms with Crippen LogP contribution in [0, 0.1) is 0 Å². The van der Waals surface area contributed by atoms with E-state index >= 15 is 0 Å². The van der Waals surface area contributed by atoms with Crippen LogP contribution in [0.1, 0.15) is 31.1 Å². The van der Waals surface area contributed by atoms with Crippen molar-refractivity contribution in [2.24, 2.45) is 0 Å². The first-order valence-corrected chi connectivity index (χ1v) is 13.5. The molecular formula is C31H30O12. The largest absolute Gasteiger partial charge is 0.459 e. The highest BCUT2D eigenvalue weighted by atomic mass is 16.8. The molecule has 0 bridgehead atoms. The van der Waals surface area contributed by atoms with Crippen LogP contribution in [0.2, 0.25) is 0 Å². The fourth-order valence-corrected chi connectivity index (χ4v) is 4.66. The van der Waals surface area contributed by atoms with Gasteiger partial charge >= 0.3 is 17.9 Å². The summed E-state index contributed by atoms with van der Waals surface area (Å²) in [5.74, 6) is -2.27. The molecular weight excluding hydrogens is 564 g/mol. The van der Waals surface area contributed by atoms with E-state index in [1.807, 2.05) is 0 Å². The SMILES string of the molecule is O=C(OC[C@@H]1O[C@@H](O[C@@H]2[C@@H](O)[C@H](O)OC[C@H]2O)[C@H](OC(=O)c2ccccc2)[C@H]1OC(=O)c1ccccc1)c1ccccc1. The molecule has 2 aliphatic heterocycles. The number of esters is 3. The van der Waals surface area contributed by atoms with E-state index in [9.17, 15) is 29.7 Å². The van der Waals surface area contributed by atoms with Gasteiger partial charge in [-0.15, -0.1) is 0 Å². The average molecular weight is 595 g/mol. The second kappa shape index (κ2) is 13.9. The third-order valence-corrected chi connectivity index (χ3v) is 6.90. The van der Waals surface area contributed by atoms with Gasteiger partial charge in [-0.3, -0.25) is 0 Å². The fourth-order valence-electron chi connectivity index (χ4n) is 4.66. The topological polar surface area (TPSA) is 167 Å². The highest BCUT2D eigenvalue weighted by molar-refractivity contribution is 5.91. The molecule has 3 aromatic carbocycles. The van der Waals surface area contributed by atoms with Crippen molar-refractivity contribution in [3.05, 3.63) is 108 Å². The van der Waals surface area contributed by atoms with Crippen molar-refractivity contribution >= 4 is 17.9 Å². The molecule has 0 aliphatic carbocycles. The maximum atomic E-state index is 13.2. The van der Waals surface area contributed by atoms with Gasteiger partial charge in [-0.1, -0.05) is 54.6 Å². The average Bonchev–Trinajstić information content (AvgIpc) is 3.35. The van der Waals surface area contributed by atoms with Gasteiger partial charge in [-0.2, -0.15) is 0 Å². The monoisotopic (exact) mass is 594 g/mol. The second-order valence-corrected chi connectivity index (χ2v) is 9.86. The van der Waals surface area contributed by atoms with Crippen LogP contribution in [0.4, 0.5) is 0 Å². The molecule has 12 nitrogen and oxygen atoms in total. The lowest BCUT2D eigenvalue weighted by Gasteiger charge is -2.37. The summed E-state index contributed by atoms with van der Waals surface area (Å²) in [6.07, 6.45) is -11.8. The molecule has 0 radical (unpaired) electrons. The van der Waals surface area contributed by atoms with Gasteiger partial charge in [-0.25, -0.2) is 14.4 Å². The fraction of sp³-hybridized carbons (Fsp3) is 0.323. The Bertz CT molecular complexity index is 1370. The minimum atomic E-state index is -1.70. The third kappa shape index (κ3) is 7.25. The Kier molecular flexibility index (Phi) is 9.77. The molecule has 12 heteroatoms. The predicted molar refractivity (Wildman–Crippen MR) is 146 cm³/mol. The van der Waals surface area contributed by atoms with E-state index in [-0.39, 0.29) is 23.3 Å². The molecule has 0 aromatic heterocycles. The maximum absolute atomic E-state index is 13.2. The number of carbonyl (C=O) groups is 3. The number of aliphatic hydroxyl groups is 3. The Hall–Kier alpha value is -4.17. The summed E-state index contributed by atoms with van der Waals surface area (Å²) < 4.78 is 33.8. The van der Waals surface area contributed by atoms with E-state index in [4.69, 9.17) is 28.4 Å². The summed E-state index contributed by atoms with van der Waals surface area (Å²) in [5, 5.41) is 30.9. The zero-order valence-electron chi connectivity index (χ0n) is 22.7. The number of carbonyl (C=O) groups excluding carboxylic acids is 3. The second-order valence-electron chi connectivity index (χ2n) is 9.86. The molecule has 226 valence electrons. The van der Waals surface area contributed by atoms with Crippen LogP contribution < -0.4 is 0 Å². The molecule has 2 heterocycles. The van der Waals surface area contributed by atoms with Gasteiger partial charge in [-0.05, 0) is 36.4 Å². The lowest BCUT2D eigenvalue weighted by molar-refractivity contribution is -0.298. The zero-order chi connectivity index (χ0) is 30.3. The van der Waals surface area contributed by atoms with Crippen molar-refractivity contribution in [1.82, 2.24) is 0 Å². The van der Waals surface area contributed by atoms with Crippen molar-refractivity contribution in [2.45, 2.75) is 49.2 Å². The molecule has 5 rings (SSSR count). The molecule has 0 spiro atoms. The summed E-state index contributed by atoms with van der Waals surface area (Å²) in [5.41, 5.74) is 0.633. The number of hydrogen-bond donors (Lipinski definition) is 3. The summed E-state index contributed by atoms with van der Waals surface area (Å²) in [4.78, 5) is 39.0. The van der Waals surface area contributed by atoms with Crippen molar-refractivity contribution in [3.8, 4) is 0 Å². The van der Waals surface area contributed by atoms with Crippen LogP contribution in [-0.2, 0) is 28.4 Å². The van der Waals surface area contributed by atoms with Crippen molar-refractivity contribution in [3.63, 3.8) is 0 Å². The van der Waals surface area contributed by atoms with E-state index in [2.05, 4.69) is 0 Å². The molecule has 2 fully saturated rings. The number of hydrogen-bond acceptors (Lipinski definition) is 12. The van der Waals surface area contributed by atoms with Gasteiger partial charge in [0.1, 0.15) is 31.0 Å². The van der Waals surface area contributed by atoms with Crippen LogP contribution >= 0.6 is 0 Å². The first-order valence-electron chi connectivity index (χ1n) is 13.5. The Morgan fingerprint density at radius 2 is 1.16 bits per heavy atom. The first kappa shape index (κ1) is 30.3. The van der Waals surface area contributed by atoms with Crippen molar-refractivity contribution in [2.75, 3.05) is 13.2 Å². The van der Waals surface area contributed by atoms with E-state index in [0.717, 1.165) is 0 Å². The van der Waals surface area contributed by atoms with Gasteiger partial charge in [0.25, 0.3) is 0 Å². The summed E-state index contributed by atoms with van der Waals surface area (Å²) >= 11 is 0. The lowest BCUT2D eigenvalue weighted by Crippen LogP contribution is -2.56. The van der Waals surface area contributed by atoms with Crippen LogP contribution in [0.5, 0.6) is 0 Å². The van der Waals surface area contributed by atoms with Crippen LogP contribution in [0.3, 0.4) is 0 Å². The molecule has 43 heavy (non-hydrogen) atoms. The van der Waals surface area contributed by atoms with Crippen molar-refractivity contribution in [1.29, 1.82) is 0 Å². The van der Waals surface area contributed by atoms with E-state index in [0.29, 0.717) is 0 Å². The van der Waals surface area contributed by atoms with Crippen LogP contribution in [-0.4, -0.2) is 95.6 Å². The number of ether oxygens (including phenoxy) is 6. The number of rotatable bonds is 9. The minimum Gasteiger partial charge on any atom is -0.459 e. The Balaban J connectivity index is 1.44.